The highest BCUT2D eigenvalue weighted by Crippen LogP contribution is 2.29. The van der Waals surface area contributed by atoms with E-state index in [1.807, 2.05) is 24.3 Å². The first kappa shape index (κ1) is 12.9. The first-order valence-corrected chi connectivity index (χ1v) is 6.39. The van der Waals surface area contributed by atoms with Crippen molar-refractivity contribution in [3.63, 3.8) is 0 Å². The first-order valence-electron chi connectivity index (χ1n) is 6.39. The van der Waals surface area contributed by atoms with E-state index in [2.05, 4.69) is 5.32 Å². The molecule has 0 heterocycles. The Morgan fingerprint density at radius 1 is 1.44 bits per heavy atom. The third-order valence-corrected chi connectivity index (χ3v) is 3.15. The maximum Gasteiger partial charge on any atom is 0.234 e. The van der Waals surface area contributed by atoms with Gasteiger partial charge in [0.05, 0.1) is 12.6 Å². The van der Waals surface area contributed by atoms with Gasteiger partial charge in [-0.25, -0.2) is 0 Å². The zero-order valence-corrected chi connectivity index (χ0v) is 10.7. The monoisotopic (exact) mass is 248 g/mol. The number of rotatable bonds is 7. The first-order chi connectivity index (χ1) is 8.65. The van der Waals surface area contributed by atoms with E-state index in [0.29, 0.717) is 6.54 Å². The van der Waals surface area contributed by atoms with E-state index in [-0.39, 0.29) is 11.9 Å². The SMILES string of the molecule is C[C@@H](NCc1ccc(OCC2CC2)cc1)C(N)=O. The Labute approximate surface area is 108 Å². The van der Waals surface area contributed by atoms with Crippen LogP contribution in [0.1, 0.15) is 25.3 Å². The zero-order valence-electron chi connectivity index (χ0n) is 10.7. The molecule has 1 saturated carbocycles. The van der Waals surface area contributed by atoms with Crippen LogP contribution in [-0.4, -0.2) is 18.6 Å². The molecule has 0 spiro atoms. The van der Waals surface area contributed by atoms with E-state index in [1.54, 1.807) is 6.92 Å². The number of amides is 1. The fraction of sp³-hybridized carbons (Fsp3) is 0.500. The lowest BCUT2D eigenvalue weighted by atomic mass is 10.2. The van der Waals surface area contributed by atoms with E-state index in [0.717, 1.165) is 23.8 Å². The molecule has 1 aliphatic rings. The standard InChI is InChI=1S/C14H20N2O2/c1-10(14(15)17)16-8-11-4-6-13(7-5-11)18-9-12-2-3-12/h4-7,10,12,16H,2-3,8-9H2,1H3,(H2,15,17)/t10-/m1/s1. The van der Waals surface area contributed by atoms with Crippen LogP contribution in [0.4, 0.5) is 0 Å². The number of hydrogen-bond donors (Lipinski definition) is 2. The van der Waals surface area contributed by atoms with Crippen LogP contribution in [-0.2, 0) is 11.3 Å². The lowest BCUT2D eigenvalue weighted by Gasteiger charge is -2.10. The van der Waals surface area contributed by atoms with Crippen LogP contribution < -0.4 is 15.8 Å². The van der Waals surface area contributed by atoms with Crippen molar-refractivity contribution < 1.29 is 9.53 Å². The summed E-state index contributed by atoms with van der Waals surface area (Å²) in [4.78, 5) is 10.9. The Kier molecular flexibility index (Phi) is 4.20. The largest absolute Gasteiger partial charge is 0.493 e. The number of carbonyl (C=O) groups is 1. The summed E-state index contributed by atoms with van der Waals surface area (Å²) in [5.41, 5.74) is 6.29. The molecule has 0 unspecified atom stereocenters. The van der Waals surface area contributed by atoms with E-state index < -0.39 is 0 Å². The molecule has 4 nitrogen and oxygen atoms in total. The van der Waals surface area contributed by atoms with Gasteiger partial charge in [0, 0.05) is 6.54 Å². The predicted molar refractivity (Wildman–Crippen MR) is 70.2 cm³/mol. The Morgan fingerprint density at radius 2 is 2.11 bits per heavy atom. The van der Waals surface area contributed by atoms with Gasteiger partial charge in [-0.05, 0) is 43.4 Å². The topological polar surface area (TPSA) is 64.3 Å². The highest BCUT2D eigenvalue weighted by atomic mass is 16.5. The second kappa shape index (κ2) is 5.87. The van der Waals surface area contributed by atoms with Gasteiger partial charge >= 0.3 is 0 Å². The number of primary amides is 1. The minimum absolute atomic E-state index is 0.309. The van der Waals surface area contributed by atoms with E-state index in [1.165, 1.54) is 12.8 Å². The lowest BCUT2D eigenvalue weighted by Crippen LogP contribution is -2.38. The van der Waals surface area contributed by atoms with Crippen LogP contribution in [0, 0.1) is 5.92 Å². The van der Waals surface area contributed by atoms with Crippen LogP contribution in [0.15, 0.2) is 24.3 Å². The molecule has 0 bridgehead atoms. The molecule has 0 radical (unpaired) electrons. The summed E-state index contributed by atoms with van der Waals surface area (Å²) in [6.07, 6.45) is 2.60. The Morgan fingerprint density at radius 3 is 2.67 bits per heavy atom. The third kappa shape index (κ3) is 4.04. The summed E-state index contributed by atoms with van der Waals surface area (Å²) < 4.78 is 5.65. The van der Waals surface area contributed by atoms with Crippen molar-refractivity contribution in [2.45, 2.75) is 32.4 Å². The van der Waals surface area contributed by atoms with Crippen molar-refractivity contribution in [1.82, 2.24) is 5.32 Å². The Hall–Kier alpha value is -1.55. The lowest BCUT2D eigenvalue weighted by molar-refractivity contribution is -0.119. The van der Waals surface area contributed by atoms with E-state index in [4.69, 9.17) is 10.5 Å². The number of nitrogens with one attached hydrogen (secondary N) is 1. The molecule has 4 heteroatoms. The average Bonchev–Trinajstić information content (AvgIpc) is 3.18. The number of carbonyl (C=O) groups excluding carboxylic acids is 1. The molecular formula is C14H20N2O2. The average molecular weight is 248 g/mol. The van der Waals surface area contributed by atoms with Crippen LogP contribution in [0.3, 0.4) is 0 Å². The van der Waals surface area contributed by atoms with Gasteiger partial charge in [0.25, 0.3) is 0 Å². The maximum atomic E-state index is 10.9. The fourth-order valence-electron chi connectivity index (χ4n) is 1.57. The molecule has 1 fully saturated rings. The summed E-state index contributed by atoms with van der Waals surface area (Å²) in [5, 5.41) is 3.06. The summed E-state index contributed by atoms with van der Waals surface area (Å²) in [5.74, 6) is 1.34. The molecule has 1 aliphatic carbocycles. The molecular weight excluding hydrogens is 228 g/mol. The molecule has 98 valence electrons. The minimum Gasteiger partial charge on any atom is -0.493 e. The highest BCUT2D eigenvalue weighted by Gasteiger charge is 2.21. The zero-order chi connectivity index (χ0) is 13.0. The van der Waals surface area contributed by atoms with Gasteiger partial charge in [0.15, 0.2) is 0 Å². The molecule has 0 saturated heterocycles. The van der Waals surface area contributed by atoms with Gasteiger partial charge in [-0.1, -0.05) is 12.1 Å². The van der Waals surface area contributed by atoms with Gasteiger partial charge in [-0.15, -0.1) is 0 Å². The van der Waals surface area contributed by atoms with Crippen LogP contribution in [0.5, 0.6) is 5.75 Å². The van der Waals surface area contributed by atoms with E-state index in [9.17, 15) is 4.79 Å². The number of hydrogen-bond acceptors (Lipinski definition) is 3. The molecule has 0 aromatic heterocycles. The summed E-state index contributed by atoms with van der Waals surface area (Å²) in [6.45, 7) is 3.22. The minimum atomic E-state index is -0.334. The number of ether oxygens (including phenoxy) is 1. The Bertz CT molecular complexity index is 399. The van der Waals surface area contributed by atoms with E-state index >= 15 is 0 Å². The highest BCUT2D eigenvalue weighted by molar-refractivity contribution is 5.79. The molecule has 1 aromatic carbocycles. The van der Waals surface area contributed by atoms with Crippen molar-refractivity contribution in [2.75, 3.05) is 6.61 Å². The predicted octanol–water partition coefficient (Wildman–Crippen LogP) is 1.44. The van der Waals surface area contributed by atoms with Crippen molar-refractivity contribution in [1.29, 1.82) is 0 Å². The second-order valence-corrected chi connectivity index (χ2v) is 4.90. The molecule has 2 rings (SSSR count). The van der Waals surface area contributed by atoms with Crippen LogP contribution >= 0.6 is 0 Å². The summed E-state index contributed by atoms with van der Waals surface area (Å²) >= 11 is 0. The van der Waals surface area contributed by atoms with Gasteiger partial charge in [-0.3, -0.25) is 4.79 Å². The molecule has 1 atom stereocenters. The molecule has 18 heavy (non-hydrogen) atoms. The normalized spacial score (nSPS) is 16.3. The number of nitrogens with two attached hydrogens (primary N) is 1. The Balaban J connectivity index is 1.77. The summed E-state index contributed by atoms with van der Waals surface area (Å²) in [6, 6.07) is 7.63. The smallest absolute Gasteiger partial charge is 0.234 e. The van der Waals surface area contributed by atoms with Crippen molar-refractivity contribution >= 4 is 5.91 Å². The maximum absolute atomic E-state index is 10.9. The quantitative estimate of drug-likeness (QED) is 0.767. The van der Waals surface area contributed by atoms with Crippen molar-refractivity contribution in [3.8, 4) is 5.75 Å². The summed E-state index contributed by atoms with van der Waals surface area (Å²) in [7, 11) is 0. The van der Waals surface area contributed by atoms with Crippen LogP contribution in [0.2, 0.25) is 0 Å². The second-order valence-electron chi connectivity index (χ2n) is 4.90. The fourth-order valence-corrected chi connectivity index (χ4v) is 1.57. The third-order valence-electron chi connectivity index (χ3n) is 3.15. The van der Waals surface area contributed by atoms with Crippen molar-refractivity contribution in [3.05, 3.63) is 29.8 Å². The molecule has 1 amide bonds. The molecule has 1 aromatic rings. The van der Waals surface area contributed by atoms with Gasteiger partial charge in [0.2, 0.25) is 5.91 Å². The molecule has 0 aliphatic heterocycles. The van der Waals surface area contributed by atoms with Gasteiger partial charge < -0.3 is 15.8 Å². The molecule has 3 N–H and O–H groups in total. The van der Waals surface area contributed by atoms with Gasteiger partial charge in [-0.2, -0.15) is 0 Å². The van der Waals surface area contributed by atoms with Gasteiger partial charge in [0.1, 0.15) is 5.75 Å². The number of benzene rings is 1. The van der Waals surface area contributed by atoms with Crippen molar-refractivity contribution in [2.24, 2.45) is 11.7 Å². The van der Waals surface area contributed by atoms with Crippen LogP contribution in [0.25, 0.3) is 0 Å².